The molecule has 1 aliphatic heterocycles. The average molecular weight is 361 g/mol. The largest absolute Gasteiger partial charge is 0.422 e. The zero-order valence-corrected chi connectivity index (χ0v) is 13.7. The summed E-state index contributed by atoms with van der Waals surface area (Å²) < 4.78 is 6.93. The van der Waals surface area contributed by atoms with E-state index in [4.69, 9.17) is 4.42 Å². The Bertz CT molecular complexity index is 1280. The van der Waals surface area contributed by atoms with Gasteiger partial charge in [0.25, 0.3) is 5.69 Å². The molecular weight excluding hydrogens is 350 g/mol. The van der Waals surface area contributed by atoms with E-state index >= 15 is 0 Å². The highest BCUT2D eigenvalue weighted by atomic mass is 16.6. The van der Waals surface area contributed by atoms with Crippen LogP contribution in [-0.4, -0.2) is 19.7 Å². The molecular formula is C18H11N5O4. The van der Waals surface area contributed by atoms with Crippen molar-refractivity contribution in [3.8, 4) is 0 Å². The predicted octanol–water partition coefficient (Wildman–Crippen LogP) is 2.99. The van der Waals surface area contributed by atoms with Crippen LogP contribution in [0.5, 0.6) is 0 Å². The van der Waals surface area contributed by atoms with Gasteiger partial charge in [0.05, 0.1) is 21.7 Å². The molecule has 1 aliphatic rings. The summed E-state index contributed by atoms with van der Waals surface area (Å²) in [5, 5.41) is 19.5. The highest BCUT2D eigenvalue weighted by molar-refractivity contribution is 5.94. The van der Waals surface area contributed by atoms with Gasteiger partial charge >= 0.3 is 5.63 Å². The van der Waals surface area contributed by atoms with Crippen LogP contribution in [0, 0.1) is 10.1 Å². The molecule has 0 aliphatic carbocycles. The summed E-state index contributed by atoms with van der Waals surface area (Å²) in [6.07, 6.45) is 1.33. The van der Waals surface area contributed by atoms with Gasteiger partial charge in [0.15, 0.2) is 0 Å². The van der Waals surface area contributed by atoms with Crippen molar-refractivity contribution >= 4 is 28.3 Å². The fourth-order valence-electron chi connectivity index (χ4n) is 3.48. The number of fused-ring (bicyclic) bond motifs is 4. The zero-order valence-electron chi connectivity index (χ0n) is 13.7. The van der Waals surface area contributed by atoms with Gasteiger partial charge in [-0.15, -0.1) is 0 Å². The molecule has 9 nitrogen and oxygen atoms in total. The average Bonchev–Trinajstić information content (AvgIpc) is 3.15. The van der Waals surface area contributed by atoms with Crippen molar-refractivity contribution in [2.75, 3.05) is 5.32 Å². The maximum Gasteiger partial charge on any atom is 0.344 e. The van der Waals surface area contributed by atoms with E-state index in [2.05, 4.69) is 15.4 Å². The number of benzene rings is 2. The molecule has 27 heavy (non-hydrogen) atoms. The first-order valence-corrected chi connectivity index (χ1v) is 8.10. The van der Waals surface area contributed by atoms with Gasteiger partial charge in [0.2, 0.25) is 5.95 Å². The second kappa shape index (κ2) is 5.49. The third-order valence-corrected chi connectivity index (χ3v) is 4.60. The SMILES string of the molecule is O=c1oc2ccccc2c2c1C(c1ccccc1[N+](=O)[O-])n1ncnc1N2. The van der Waals surface area contributed by atoms with Crippen molar-refractivity contribution in [2.24, 2.45) is 0 Å². The lowest BCUT2D eigenvalue weighted by Crippen LogP contribution is -2.28. The minimum absolute atomic E-state index is 0.107. The Morgan fingerprint density at radius 2 is 1.93 bits per heavy atom. The number of hydrogen-bond donors (Lipinski definition) is 1. The quantitative estimate of drug-likeness (QED) is 0.292. The van der Waals surface area contributed by atoms with Gasteiger partial charge in [-0.1, -0.05) is 24.3 Å². The van der Waals surface area contributed by atoms with Crippen molar-refractivity contribution in [2.45, 2.75) is 6.04 Å². The molecule has 0 spiro atoms. The number of rotatable bonds is 2. The molecule has 5 rings (SSSR count). The third kappa shape index (κ3) is 2.15. The van der Waals surface area contributed by atoms with Crippen molar-refractivity contribution in [1.29, 1.82) is 0 Å². The lowest BCUT2D eigenvalue weighted by atomic mass is 9.94. The Kier molecular flexibility index (Phi) is 3.11. The van der Waals surface area contributed by atoms with Crippen molar-refractivity contribution in [1.82, 2.24) is 14.8 Å². The molecule has 3 heterocycles. The molecule has 0 saturated carbocycles. The molecule has 0 fully saturated rings. The van der Waals surface area contributed by atoms with Gasteiger partial charge in [0, 0.05) is 11.5 Å². The molecule has 1 atom stereocenters. The summed E-state index contributed by atoms with van der Waals surface area (Å²) in [5.41, 5.74) is 0.832. The summed E-state index contributed by atoms with van der Waals surface area (Å²) >= 11 is 0. The lowest BCUT2D eigenvalue weighted by Gasteiger charge is -2.27. The van der Waals surface area contributed by atoms with E-state index in [1.807, 2.05) is 12.1 Å². The molecule has 1 unspecified atom stereocenters. The Morgan fingerprint density at radius 1 is 1.15 bits per heavy atom. The first kappa shape index (κ1) is 15.3. The molecule has 1 N–H and O–H groups in total. The standard InChI is InChI=1S/C18H11N5O4/c24-17-14-15(11-6-2-4-8-13(11)27-17)21-18-19-9-20-22(18)16(14)10-5-1-3-7-12(10)23(25)26/h1-9,16H,(H,19,20,21). The highest BCUT2D eigenvalue weighted by Gasteiger charge is 2.36. The fourth-order valence-corrected chi connectivity index (χ4v) is 3.48. The van der Waals surface area contributed by atoms with Gasteiger partial charge in [-0.25, -0.2) is 9.48 Å². The van der Waals surface area contributed by atoms with Crippen LogP contribution < -0.4 is 10.9 Å². The maximum atomic E-state index is 12.8. The molecule has 4 aromatic rings. The minimum atomic E-state index is -0.832. The highest BCUT2D eigenvalue weighted by Crippen LogP contribution is 2.42. The van der Waals surface area contributed by atoms with E-state index in [1.54, 1.807) is 30.3 Å². The molecule has 2 aromatic carbocycles. The van der Waals surface area contributed by atoms with Crippen LogP contribution >= 0.6 is 0 Å². The Balaban J connectivity index is 1.89. The summed E-state index contributed by atoms with van der Waals surface area (Å²) in [6.45, 7) is 0. The number of nitrogens with one attached hydrogen (secondary N) is 1. The minimum Gasteiger partial charge on any atom is -0.422 e. The maximum absolute atomic E-state index is 12.8. The van der Waals surface area contributed by atoms with Crippen molar-refractivity contribution in [3.05, 3.63) is 86.5 Å². The third-order valence-electron chi connectivity index (χ3n) is 4.60. The topological polar surface area (TPSA) is 116 Å². The molecule has 2 aromatic heterocycles. The number of nitro benzene ring substituents is 1. The van der Waals surface area contributed by atoms with Gasteiger partial charge in [-0.2, -0.15) is 10.1 Å². The van der Waals surface area contributed by atoms with Crippen LogP contribution in [0.2, 0.25) is 0 Å². The second-order valence-corrected chi connectivity index (χ2v) is 6.05. The Labute approximate surface area is 151 Å². The Hall–Kier alpha value is -4.01. The van der Waals surface area contributed by atoms with Crippen LogP contribution in [0.4, 0.5) is 17.3 Å². The normalized spacial score (nSPS) is 15.0. The zero-order chi connectivity index (χ0) is 18.5. The predicted molar refractivity (Wildman–Crippen MR) is 96.1 cm³/mol. The monoisotopic (exact) mass is 361 g/mol. The Morgan fingerprint density at radius 3 is 2.78 bits per heavy atom. The van der Waals surface area contributed by atoms with Gasteiger partial charge in [-0.3, -0.25) is 10.1 Å². The van der Waals surface area contributed by atoms with E-state index < -0.39 is 16.6 Å². The number of aromatic nitrogens is 3. The first-order valence-electron chi connectivity index (χ1n) is 8.10. The van der Waals surface area contributed by atoms with Crippen LogP contribution in [0.25, 0.3) is 11.0 Å². The molecule has 0 saturated heterocycles. The van der Waals surface area contributed by atoms with Crippen molar-refractivity contribution < 1.29 is 9.34 Å². The summed E-state index contributed by atoms with van der Waals surface area (Å²) in [4.78, 5) is 28.1. The number of nitro groups is 1. The van der Waals surface area contributed by atoms with Crippen LogP contribution in [0.3, 0.4) is 0 Å². The molecule has 132 valence electrons. The van der Waals surface area contributed by atoms with Gasteiger partial charge in [-0.05, 0) is 18.2 Å². The lowest BCUT2D eigenvalue weighted by molar-refractivity contribution is -0.385. The van der Waals surface area contributed by atoms with E-state index in [0.29, 0.717) is 28.2 Å². The number of nitrogens with zero attached hydrogens (tertiary/aromatic N) is 4. The van der Waals surface area contributed by atoms with E-state index in [1.165, 1.54) is 17.1 Å². The molecule has 9 heteroatoms. The van der Waals surface area contributed by atoms with Crippen molar-refractivity contribution in [3.63, 3.8) is 0 Å². The van der Waals surface area contributed by atoms with Gasteiger partial charge < -0.3 is 9.73 Å². The summed E-state index contributed by atoms with van der Waals surface area (Å²) in [6, 6.07) is 12.5. The van der Waals surface area contributed by atoms with Gasteiger partial charge in [0.1, 0.15) is 18.0 Å². The molecule has 0 bridgehead atoms. The summed E-state index contributed by atoms with van der Waals surface area (Å²) in [5.74, 6) is 0.390. The smallest absolute Gasteiger partial charge is 0.344 e. The van der Waals surface area contributed by atoms with Crippen LogP contribution in [0.15, 0.2) is 64.1 Å². The number of para-hydroxylation sites is 2. The van der Waals surface area contributed by atoms with Crippen LogP contribution in [0.1, 0.15) is 17.2 Å². The van der Waals surface area contributed by atoms with E-state index in [0.717, 1.165) is 0 Å². The molecule has 0 amide bonds. The number of hydrogen-bond acceptors (Lipinski definition) is 7. The second-order valence-electron chi connectivity index (χ2n) is 6.05. The van der Waals surface area contributed by atoms with Crippen LogP contribution in [-0.2, 0) is 0 Å². The first-order chi connectivity index (χ1) is 13.1. The van der Waals surface area contributed by atoms with E-state index in [-0.39, 0.29) is 11.3 Å². The summed E-state index contributed by atoms with van der Waals surface area (Å²) in [7, 11) is 0. The number of anilines is 2. The molecule has 0 radical (unpaired) electrons. The fraction of sp³-hybridized carbons (Fsp3) is 0.0556. The van der Waals surface area contributed by atoms with E-state index in [9.17, 15) is 14.9 Å².